The predicted molar refractivity (Wildman–Crippen MR) is 135 cm³/mol. The van der Waals surface area contributed by atoms with E-state index < -0.39 is 15.9 Å². The molecule has 2 aromatic rings. The molecular formula is C25H35N3O5S. The molecule has 2 atom stereocenters. The number of methoxy groups -OCH3 is 2. The van der Waals surface area contributed by atoms with Gasteiger partial charge in [-0.15, -0.1) is 0 Å². The van der Waals surface area contributed by atoms with E-state index in [1.165, 1.54) is 38.8 Å². The molecule has 9 heteroatoms. The van der Waals surface area contributed by atoms with E-state index in [4.69, 9.17) is 9.47 Å². The molecule has 1 aliphatic rings. The van der Waals surface area contributed by atoms with Gasteiger partial charge in [-0.25, -0.2) is 8.42 Å². The quantitative estimate of drug-likeness (QED) is 0.579. The van der Waals surface area contributed by atoms with Crippen LogP contribution in [0.15, 0.2) is 42.5 Å². The number of carbonyl (C=O) groups excluding carboxylic acids is 1. The largest absolute Gasteiger partial charge is 0.493 e. The molecule has 3 rings (SSSR count). The van der Waals surface area contributed by atoms with Crippen molar-refractivity contribution in [3.63, 3.8) is 0 Å². The van der Waals surface area contributed by atoms with E-state index in [9.17, 15) is 13.2 Å². The maximum Gasteiger partial charge on any atom is 0.241 e. The Hall–Kier alpha value is -2.94. The van der Waals surface area contributed by atoms with Crippen LogP contribution in [-0.2, 0) is 14.8 Å². The summed E-state index contributed by atoms with van der Waals surface area (Å²) in [6.45, 7) is 5.94. The molecule has 0 spiro atoms. The molecule has 34 heavy (non-hydrogen) atoms. The second-order valence-electron chi connectivity index (χ2n) is 8.88. The Morgan fingerprint density at radius 1 is 1.15 bits per heavy atom. The van der Waals surface area contributed by atoms with Crippen molar-refractivity contribution in [3.8, 4) is 11.5 Å². The van der Waals surface area contributed by atoms with Crippen LogP contribution in [-0.4, -0.2) is 54.4 Å². The number of nitrogens with zero attached hydrogens (tertiary/aromatic N) is 2. The number of nitrogens with one attached hydrogen (secondary N) is 1. The van der Waals surface area contributed by atoms with Crippen molar-refractivity contribution in [2.75, 3.05) is 49.3 Å². The highest BCUT2D eigenvalue weighted by Crippen LogP contribution is 2.32. The van der Waals surface area contributed by atoms with Gasteiger partial charge >= 0.3 is 0 Å². The number of ether oxygens (including phenoxy) is 2. The lowest BCUT2D eigenvalue weighted by atomic mass is 9.99. The smallest absolute Gasteiger partial charge is 0.241 e. The lowest BCUT2D eigenvalue weighted by Crippen LogP contribution is -2.41. The molecule has 1 amide bonds. The second-order valence-corrected chi connectivity index (χ2v) is 10.8. The average Bonchev–Trinajstić information content (AvgIpc) is 2.81. The van der Waals surface area contributed by atoms with Gasteiger partial charge in [-0.2, -0.15) is 0 Å². The topological polar surface area (TPSA) is 88.2 Å². The predicted octanol–water partition coefficient (Wildman–Crippen LogP) is 3.58. The van der Waals surface area contributed by atoms with Crippen molar-refractivity contribution < 1.29 is 22.7 Å². The van der Waals surface area contributed by atoms with Crippen molar-refractivity contribution in [3.05, 3.63) is 48.0 Å². The third kappa shape index (κ3) is 6.34. The number of benzene rings is 2. The first kappa shape index (κ1) is 25.7. The zero-order valence-corrected chi connectivity index (χ0v) is 21.4. The molecule has 0 aliphatic carbocycles. The Balaban J connectivity index is 1.68. The number of carbonyl (C=O) groups is 1. The number of hydrogen-bond donors (Lipinski definition) is 1. The van der Waals surface area contributed by atoms with Crippen molar-refractivity contribution in [2.24, 2.45) is 5.92 Å². The molecule has 1 saturated heterocycles. The Morgan fingerprint density at radius 2 is 1.82 bits per heavy atom. The van der Waals surface area contributed by atoms with E-state index in [0.717, 1.165) is 29.2 Å². The second kappa shape index (κ2) is 11.0. The van der Waals surface area contributed by atoms with Crippen LogP contribution in [0.5, 0.6) is 11.5 Å². The minimum Gasteiger partial charge on any atom is -0.493 e. The minimum atomic E-state index is -3.71. The van der Waals surface area contributed by atoms with Crippen molar-refractivity contribution >= 4 is 27.3 Å². The number of rotatable bonds is 9. The Morgan fingerprint density at radius 3 is 2.41 bits per heavy atom. The summed E-state index contributed by atoms with van der Waals surface area (Å²) in [5, 5.41) is 2.91. The van der Waals surface area contributed by atoms with Crippen LogP contribution in [0.1, 0.15) is 38.3 Å². The first-order valence-electron chi connectivity index (χ1n) is 11.5. The van der Waals surface area contributed by atoms with Gasteiger partial charge in [0.05, 0.1) is 32.2 Å². The monoisotopic (exact) mass is 489 g/mol. The molecule has 0 saturated carbocycles. The molecular weight excluding hydrogens is 454 g/mol. The zero-order valence-electron chi connectivity index (χ0n) is 20.6. The molecule has 1 heterocycles. The zero-order chi connectivity index (χ0) is 24.9. The average molecular weight is 490 g/mol. The summed E-state index contributed by atoms with van der Waals surface area (Å²) in [5.74, 6) is 1.14. The first-order valence-corrected chi connectivity index (χ1v) is 13.3. The molecule has 1 N–H and O–H groups in total. The molecule has 1 fully saturated rings. The molecule has 0 radical (unpaired) electrons. The van der Waals surface area contributed by atoms with E-state index in [1.807, 2.05) is 19.1 Å². The molecule has 0 aromatic heterocycles. The third-order valence-corrected chi connectivity index (χ3v) is 7.28. The van der Waals surface area contributed by atoms with Gasteiger partial charge in [-0.1, -0.05) is 19.1 Å². The fraction of sp³-hybridized carbons (Fsp3) is 0.480. The van der Waals surface area contributed by atoms with E-state index in [1.54, 1.807) is 12.1 Å². The van der Waals surface area contributed by atoms with Gasteiger partial charge < -0.3 is 19.7 Å². The van der Waals surface area contributed by atoms with Crippen LogP contribution in [0.2, 0.25) is 0 Å². The highest BCUT2D eigenvalue weighted by molar-refractivity contribution is 7.92. The van der Waals surface area contributed by atoms with Crippen molar-refractivity contribution in [1.29, 1.82) is 0 Å². The highest BCUT2D eigenvalue weighted by atomic mass is 32.2. The molecule has 1 aliphatic heterocycles. The van der Waals surface area contributed by atoms with Crippen molar-refractivity contribution in [2.45, 2.75) is 32.7 Å². The van der Waals surface area contributed by atoms with E-state index in [0.29, 0.717) is 23.1 Å². The van der Waals surface area contributed by atoms with Crippen LogP contribution in [0.4, 0.5) is 11.4 Å². The number of hydrogen-bond acceptors (Lipinski definition) is 6. The van der Waals surface area contributed by atoms with Gasteiger partial charge in [0.15, 0.2) is 11.5 Å². The third-order valence-electron chi connectivity index (χ3n) is 6.14. The van der Waals surface area contributed by atoms with Crippen LogP contribution in [0, 0.1) is 5.92 Å². The SMILES string of the molecule is COc1ccc(N(CC(=O)NC(C)c2ccc(N3CCCC(C)C3)cc2)S(C)(=O)=O)cc1OC. The van der Waals surface area contributed by atoms with Gasteiger partial charge in [-0.05, 0) is 55.5 Å². The van der Waals surface area contributed by atoms with Gasteiger partial charge in [-0.3, -0.25) is 9.10 Å². The highest BCUT2D eigenvalue weighted by Gasteiger charge is 2.23. The molecule has 186 valence electrons. The van der Waals surface area contributed by atoms with Gasteiger partial charge in [0.1, 0.15) is 6.54 Å². The Kier molecular flexibility index (Phi) is 8.30. The first-order chi connectivity index (χ1) is 16.1. The summed E-state index contributed by atoms with van der Waals surface area (Å²) in [5.41, 5.74) is 2.47. The lowest BCUT2D eigenvalue weighted by molar-refractivity contribution is -0.120. The summed E-state index contributed by atoms with van der Waals surface area (Å²) < 4.78 is 36.5. The normalized spacial score (nSPS) is 17.1. The standard InChI is InChI=1S/C25H35N3O5S/c1-18-7-6-14-27(16-18)21-10-8-20(9-11-21)19(2)26-25(29)17-28(34(5,30)31)22-12-13-23(32-3)24(15-22)33-4/h8-13,15,18-19H,6-7,14,16-17H2,1-5H3,(H,26,29). The lowest BCUT2D eigenvalue weighted by Gasteiger charge is -2.33. The Bertz CT molecular complexity index is 1090. The minimum absolute atomic E-state index is 0.270. The van der Waals surface area contributed by atoms with Gasteiger partial charge in [0.2, 0.25) is 15.9 Å². The van der Waals surface area contributed by atoms with Crippen LogP contribution in [0.3, 0.4) is 0 Å². The van der Waals surface area contributed by atoms with Crippen LogP contribution < -0.4 is 24.0 Å². The maximum atomic E-state index is 12.8. The summed E-state index contributed by atoms with van der Waals surface area (Å²) in [6, 6.07) is 12.7. The Labute approximate surface area is 202 Å². The fourth-order valence-electron chi connectivity index (χ4n) is 4.28. The number of amides is 1. The molecule has 2 aromatic carbocycles. The summed E-state index contributed by atoms with van der Waals surface area (Å²) >= 11 is 0. The number of sulfonamides is 1. The van der Waals surface area contributed by atoms with E-state index in [2.05, 4.69) is 29.3 Å². The summed E-state index contributed by atoms with van der Waals surface area (Å²) in [4.78, 5) is 15.2. The van der Waals surface area contributed by atoms with Crippen LogP contribution in [0.25, 0.3) is 0 Å². The van der Waals surface area contributed by atoms with Gasteiger partial charge in [0.25, 0.3) is 0 Å². The fourth-order valence-corrected chi connectivity index (χ4v) is 5.13. The van der Waals surface area contributed by atoms with Gasteiger partial charge in [0, 0.05) is 24.8 Å². The van der Waals surface area contributed by atoms with Crippen LogP contribution >= 0.6 is 0 Å². The number of piperidine rings is 1. The maximum absolute atomic E-state index is 12.8. The van der Waals surface area contributed by atoms with E-state index >= 15 is 0 Å². The molecule has 8 nitrogen and oxygen atoms in total. The van der Waals surface area contributed by atoms with Crippen molar-refractivity contribution in [1.82, 2.24) is 5.32 Å². The summed E-state index contributed by atoms with van der Waals surface area (Å²) in [6.07, 6.45) is 3.54. The molecule has 2 unspecified atom stereocenters. The summed E-state index contributed by atoms with van der Waals surface area (Å²) in [7, 11) is -0.740. The molecule has 0 bridgehead atoms. The van der Waals surface area contributed by atoms with E-state index in [-0.39, 0.29) is 12.6 Å². The number of anilines is 2.